The monoisotopic (exact) mass is 1590 g/mol. The van der Waals surface area contributed by atoms with Crippen LogP contribution in [0.4, 0.5) is 0 Å². The fourth-order valence-corrected chi connectivity index (χ4v) is 19.5. The Morgan fingerprint density at radius 3 is 0.951 bits per heavy atom. The van der Waals surface area contributed by atoms with E-state index in [9.17, 15) is 0 Å². The van der Waals surface area contributed by atoms with Crippen LogP contribution < -0.4 is 0 Å². The quantitative estimate of drug-likeness (QED) is 0.120. The van der Waals surface area contributed by atoms with Gasteiger partial charge in [0, 0.05) is 151 Å². The molecule has 0 aliphatic carbocycles. The van der Waals surface area contributed by atoms with Crippen molar-refractivity contribution in [1.82, 2.24) is 39.9 Å². The molecule has 26 aromatic rings. The summed E-state index contributed by atoms with van der Waals surface area (Å²) in [6.07, 6.45) is 0. The lowest BCUT2D eigenvalue weighted by molar-refractivity contribution is 0.668. The molecule has 0 aliphatic heterocycles. The second-order valence-electron chi connectivity index (χ2n) is 30.9. The normalized spacial score (nSPS) is 11.9. The molecule has 0 saturated heterocycles. The molecule has 0 radical (unpaired) electrons. The Kier molecular flexibility index (Phi) is 15.9. The Labute approximate surface area is 704 Å². The minimum absolute atomic E-state index is 0.542. The number of nitrogens with zero attached hydrogens (tertiary/aromatic N) is 8. The molecule has 26 rings (SSSR count). The van der Waals surface area contributed by atoms with Gasteiger partial charge in [-0.25, -0.2) is 39.9 Å². The van der Waals surface area contributed by atoms with Gasteiger partial charge in [-0.1, -0.05) is 303 Å². The second-order valence-corrected chi connectivity index (χ2v) is 32.0. The predicted molar refractivity (Wildman–Crippen MR) is 502 cm³/mol. The van der Waals surface area contributed by atoms with Crippen LogP contribution >= 0.6 is 11.3 Å². The van der Waals surface area contributed by atoms with Crippen LogP contribution in [0.2, 0.25) is 0 Å². The fraction of sp³-hybridized carbons (Fsp3) is 0. The number of benzene rings is 17. The molecule has 0 N–H and O–H groups in total. The first-order valence-corrected chi connectivity index (χ1v) is 41.7. The molecule has 0 spiro atoms. The van der Waals surface area contributed by atoms with Gasteiger partial charge in [-0.3, -0.25) is 0 Å². The van der Waals surface area contributed by atoms with E-state index in [4.69, 9.17) is 57.5 Å². The average molecular weight is 1590 g/mol. The highest BCUT2D eigenvalue weighted by atomic mass is 32.1. The summed E-state index contributed by atoms with van der Waals surface area (Å²) in [5.74, 6) is 3.45. The van der Waals surface area contributed by atoms with E-state index in [1.807, 2.05) is 151 Å². The molecule has 9 aromatic heterocycles. The molecule has 17 aromatic carbocycles. The van der Waals surface area contributed by atoms with Crippen LogP contribution in [0.3, 0.4) is 0 Å². The van der Waals surface area contributed by atoms with Crippen molar-refractivity contribution < 1.29 is 17.7 Å². The number of hydrogen-bond acceptors (Lipinski definition) is 13. The molecule has 0 fully saturated rings. The van der Waals surface area contributed by atoms with Crippen molar-refractivity contribution in [2.75, 3.05) is 0 Å². The summed E-state index contributed by atoms with van der Waals surface area (Å²) in [5, 5.41) is 17.4. The largest absolute Gasteiger partial charge is 0.456 e. The van der Waals surface area contributed by atoms with E-state index in [2.05, 4.69) is 237 Å². The van der Waals surface area contributed by atoms with E-state index in [1.54, 1.807) is 0 Å². The summed E-state index contributed by atoms with van der Waals surface area (Å²) >= 11 is 1.85. The first kappa shape index (κ1) is 69.6. The molecule has 572 valence electrons. The third-order valence-corrected chi connectivity index (χ3v) is 25.1. The van der Waals surface area contributed by atoms with Gasteiger partial charge in [0.1, 0.15) is 44.7 Å². The van der Waals surface area contributed by atoms with Crippen molar-refractivity contribution in [3.63, 3.8) is 0 Å². The van der Waals surface area contributed by atoms with Crippen molar-refractivity contribution in [1.29, 1.82) is 0 Å². The standard InChI is InChI=1S/C58H32N4O3.C52H30N4OS/c1-2-14-34(15-3-1)54-43-32-42(55-53(39-19-7-11-25-47(39)65-55)52(43)36-16-4-8-22-44(36)59-54)33-28-30-35(31-29-33)56-60-57(40-20-12-26-48-50(40)37-17-5-9-23-45(37)63-48)62-58(61-56)41-21-13-27-49-51(41)38-18-6-10-24-46(38)64-49;1-3-14-32(15-4-1)48-40-30-39(49-47(37-20-9-12-25-44(37)58-49)46(40)35-18-7-10-22-41(35)53-48)31-26-28-34(29-27-31)51-54-50(33-16-5-2-6-17-33)55-52(56-51)38-21-13-24-43-45(38)36-19-8-11-23-42(36)57-43/h1-32H;1-30H. The Morgan fingerprint density at radius 1 is 0.179 bits per heavy atom. The molecule has 0 saturated carbocycles. The van der Waals surface area contributed by atoms with E-state index in [0.29, 0.717) is 34.9 Å². The van der Waals surface area contributed by atoms with Crippen LogP contribution in [0.5, 0.6) is 0 Å². The third kappa shape index (κ3) is 11.4. The van der Waals surface area contributed by atoms with Crippen molar-refractivity contribution in [3.05, 3.63) is 376 Å². The van der Waals surface area contributed by atoms with E-state index in [1.165, 1.54) is 31.1 Å². The zero-order chi connectivity index (χ0) is 80.7. The summed E-state index contributed by atoms with van der Waals surface area (Å²) in [6, 6.07) is 129. The highest BCUT2D eigenvalue weighted by molar-refractivity contribution is 7.26. The van der Waals surface area contributed by atoms with Gasteiger partial charge in [0.2, 0.25) is 0 Å². The van der Waals surface area contributed by atoms with Gasteiger partial charge in [0.25, 0.3) is 0 Å². The molecule has 12 nitrogen and oxygen atoms in total. The summed E-state index contributed by atoms with van der Waals surface area (Å²) in [4.78, 5) is 41.7. The third-order valence-electron chi connectivity index (χ3n) is 23.9. The maximum absolute atomic E-state index is 6.83. The van der Waals surface area contributed by atoms with Crippen molar-refractivity contribution in [2.24, 2.45) is 0 Å². The molecule has 0 atom stereocenters. The number of thiophene rings is 1. The van der Waals surface area contributed by atoms with Crippen LogP contribution in [0.1, 0.15) is 0 Å². The number of hydrogen-bond donors (Lipinski definition) is 0. The number of para-hydroxylation sites is 6. The Balaban J connectivity index is 0.000000136. The second kappa shape index (κ2) is 28.1. The smallest absolute Gasteiger partial charge is 0.164 e. The molecule has 0 amide bonds. The average Bonchev–Trinajstić information content (AvgIpc) is 1.60. The maximum Gasteiger partial charge on any atom is 0.164 e. The van der Waals surface area contributed by atoms with Crippen LogP contribution in [-0.4, -0.2) is 39.9 Å². The van der Waals surface area contributed by atoms with Gasteiger partial charge < -0.3 is 17.7 Å². The lowest BCUT2D eigenvalue weighted by Crippen LogP contribution is -2.00. The van der Waals surface area contributed by atoms with Gasteiger partial charge >= 0.3 is 0 Å². The lowest BCUT2D eigenvalue weighted by Gasteiger charge is -2.15. The summed E-state index contributed by atoms with van der Waals surface area (Å²) in [5.41, 5.74) is 22.0. The van der Waals surface area contributed by atoms with Crippen molar-refractivity contribution in [3.8, 4) is 113 Å². The molecule has 0 unspecified atom stereocenters. The predicted octanol–water partition coefficient (Wildman–Crippen LogP) is 29.8. The first-order chi connectivity index (χ1) is 61.0. The highest BCUT2D eigenvalue weighted by Gasteiger charge is 2.27. The van der Waals surface area contributed by atoms with Gasteiger partial charge in [-0.05, 0) is 83.9 Å². The van der Waals surface area contributed by atoms with E-state index in [-0.39, 0.29) is 0 Å². The molecule has 0 bridgehead atoms. The van der Waals surface area contributed by atoms with Gasteiger partial charge in [0.05, 0.1) is 22.4 Å². The van der Waals surface area contributed by atoms with E-state index >= 15 is 0 Å². The zero-order valence-electron chi connectivity index (χ0n) is 65.4. The molecule has 0 aliphatic rings. The van der Waals surface area contributed by atoms with Gasteiger partial charge in [0.15, 0.2) is 34.9 Å². The van der Waals surface area contributed by atoms with Crippen LogP contribution in [0.25, 0.3) is 264 Å². The SMILES string of the molecule is c1ccc(-c2nc(-c3ccc(-c4cc5c(-c6ccccc6)nc6ccccc6c5c5c4sc4ccccc45)cc3)nc(-c3cccc4oc5ccccc5c34)n2)cc1.c1ccc(-c2nc3ccccc3c3c2cc(-c2ccc(-c4nc(-c5cccc6oc7ccccc7c56)nc(-c5cccc6oc7ccccc7c56)n4)cc2)c2oc4ccccc4c23)cc1. The zero-order valence-corrected chi connectivity index (χ0v) is 66.2. The van der Waals surface area contributed by atoms with Crippen molar-refractivity contribution in [2.45, 2.75) is 0 Å². The topological polar surface area (TPSA) is 156 Å². The molecule has 13 heteroatoms. The van der Waals surface area contributed by atoms with Gasteiger partial charge in [-0.15, -0.1) is 11.3 Å². The Morgan fingerprint density at radius 2 is 0.496 bits per heavy atom. The number of furan rings is 4. The van der Waals surface area contributed by atoms with Crippen LogP contribution in [-0.2, 0) is 0 Å². The lowest BCUT2D eigenvalue weighted by atomic mass is 9.91. The van der Waals surface area contributed by atoms with Crippen LogP contribution in [0.15, 0.2) is 394 Å². The Hall–Kier alpha value is -16.5. The first-order valence-electron chi connectivity index (χ1n) is 40.9. The number of aromatic nitrogens is 8. The summed E-state index contributed by atoms with van der Waals surface area (Å²) < 4.78 is 28.3. The van der Waals surface area contributed by atoms with Gasteiger partial charge in [-0.2, -0.15) is 0 Å². The highest BCUT2D eigenvalue weighted by Crippen LogP contribution is 2.51. The van der Waals surface area contributed by atoms with E-state index in [0.717, 1.165) is 198 Å². The number of fused-ring (bicyclic) bond motifs is 23. The maximum atomic E-state index is 6.83. The number of rotatable bonds is 10. The fourth-order valence-electron chi connectivity index (χ4n) is 18.3. The minimum atomic E-state index is 0.542. The Bertz CT molecular complexity index is 8690. The summed E-state index contributed by atoms with van der Waals surface area (Å²) in [6.45, 7) is 0. The number of pyridine rings is 2. The summed E-state index contributed by atoms with van der Waals surface area (Å²) in [7, 11) is 0. The van der Waals surface area contributed by atoms with E-state index < -0.39 is 0 Å². The van der Waals surface area contributed by atoms with Crippen LogP contribution in [0, 0.1) is 0 Å². The minimum Gasteiger partial charge on any atom is -0.456 e. The molecular weight excluding hydrogens is 1530 g/mol. The van der Waals surface area contributed by atoms with Crippen molar-refractivity contribution >= 4 is 163 Å². The molecular formula is C110H62N8O4S. The molecule has 9 heterocycles. The molecule has 123 heavy (non-hydrogen) atoms.